The number of aromatic nitrogens is 2. The minimum absolute atomic E-state index is 0.113. The van der Waals surface area contributed by atoms with E-state index in [1.165, 1.54) is 49.9 Å². The van der Waals surface area contributed by atoms with Gasteiger partial charge < -0.3 is 0 Å². The third kappa shape index (κ3) is 4.42. The van der Waals surface area contributed by atoms with Gasteiger partial charge in [0.05, 0.1) is 11.8 Å². The van der Waals surface area contributed by atoms with Gasteiger partial charge in [-0.3, -0.25) is 9.36 Å². The summed E-state index contributed by atoms with van der Waals surface area (Å²) in [7, 11) is 0. The highest BCUT2D eigenvalue weighted by Crippen LogP contribution is 2.13. The number of alkyl halides is 1. The Bertz CT molecular complexity index is 579. The van der Waals surface area contributed by atoms with Gasteiger partial charge in [-0.15, -0.1) is 11.3 Å². The fourth-order valence-corrected chi connectivity index (χ4v) is 3.49. The van der Waals surface area contributed by atoms with Crippen LogP contribution < -0.4 is 5.56 Å². The summed E-state index contributed by atoms with van der Waals surface area (Å²) < 4.78 is 2.53. The van der Waals surface area contributed by atoms with Crippen LogP contribution in [-0.2, 0) is 6.54 Å². The zero-order valence-electron chi connectivity index (χ0n) is 11.7. The molecule has 0 saturated heterocycles. The normalized spacial score (nSPS) is 11.2. The van der Waals surface area contributed by atoms with Crippen LogP contribution in [0.5, 0.6) is 0 Å². The molecule has 0 aliphatic rings. The molecule has 0 aliphatic carbocycles. The SMILES string of the molecule is O=c1c2sccc2ncn1CCCCCCCCCBr. The Balaban J connectivity index is 1.71. The first-order valence-corrected chi connectivity index (χ1v) is 9.31. The third-order valence-electron chi connectivity index (χ3n) is 3.47. The average Bonchev–Trinajstić information content (AvgIpc) is 2.93. The highest BCUT2D eigenvalue weighted by atomic mass is 79.9. The Morgan fingerprint density at radius 2 is 1.80 bits per heavy atom. The molecule has 20 heavy (non-hydrogen) atoms. The van der Waals surface area contributed by atoms with Crippen molar-refractivity contribution in [2.45, 2.75) is 51.5 Å². The molecule has 0 bridgehead atoms. The Kier molecular flexibility index (Phi) is 6.73. The van der Waals surface area contributed by atoms with E-state index in [4.69, 9.17) is 0 Å². The maximum Gasteiger partial charge on any atom is 0.271 e. The number of nitrogens with zero attached hydrogens (tertiary/aromatic N) is 2. The smallest absolute Gasteiger partial charge is 0.271 e. The molecule has 3 nitrogen and oxygen atoms in total. The summed E-state index contributed by atoms with van der Waals surface area (Å²) in [6.07, 6.45) is 10.5. The summed E-state index contributed by atoms with van der Waals surface area (Å²) in [4.78, 5) is 16.5. The van der Waals surface area contributed by atoms with Gasteiger partial charge in [-0.25, -0.2) is 4.98 Å². The van der Waals surface area contributed by atoms with Crippen LogP contribution in [0.1, 0.15) is 44.9 Å². The maximum absolute atomic E-state index is 12.2. The van der Waals surface area contributed by atoms with Crippen molar-refractivity contribution in [1.82, 2.24) is 9.55 Å². The van der Waals surface area contributed by atoms with E-state index in [2.05, 4.69) is 20.9 Å². The van der Waals surface area contributed by atoms with E-state index < -0.39 is 0 Å². The van der Waals surface area contributed by atoms with Crippen LogP contribution in [0.15, 0.2) is 22.6 Å². The summed E-state index contributed by atoms with van der Waals surface area (Å²) in [6, 6.07) is 1.90. The second-order valence-electron chi connectivity index (χ2n) is 5.04. The number of halogens is 1. The molecule has 0 unspecified atom stereocenters. The van der Waals surface area contributed by atoms with Crippen molar-refractivity contribution in [3.8, 4) is 0 Å². The molecule has 0 saturated carbocycles. The van der Waals surface area contributed by atoms with Crippen LogP contribution in [0.2, 0.25) is 0 Å². The monoisotopic (exact) mass is 356 g/mol. The summed E-state index contributed by atoms with van der Waals surface area (Å²) in [5.41, 5.74) is 0.936. The zero-order valence-corrected chi connectivity index (χ0v) is 14.1. The second kappa shape index (κ2) is 8.57. The van der Waals surface area contributed by atoms with Crippen molar-refractivity contribution in [3.05, 3.63) is 28.1 Å². The fourth-order valence-electron chi connectivity index (χ4n) is 2.30. The van der Waals surface area contributed by atoms with E-state index in [0.717, 1.165) is 28.5 Å². The highest BCUT2D eigenvalue weighted by Gasteiger charge is 2.04. The maximum atomic E-state index is 12.2. The van der Waals surface area contributed by atoms with Crippen molar-refractivity contribution < 1.29 is 0 Å². The minimum atomic E-state index is 0.113. The lowest BCUT2D eigenvalue weighted by atomic mass is 10.1. The Morgan fingerprint density at radius 1 is 1.10 bits per heavy atom. The van der Waals surface area contributed by atoms with Crippen LogP contribution in [0.4, 0.5) is 0 Å². The van der Waals surface area contributed by atoms with E-state index in [1.807, 2.05) is 11.4 Å². The van der Waals surface area contributed by atoms with Crippen LogP contribution in [-0.4, -0.2) is 14.9 Å². The van der Waals surface area contributed by atoms with Crippen molar-refractivity contribution in [2.75, 3.05) is 5.33 Å². The molecule has 2 aromatic rings. The van der Waals surface area contributed by atoms with Gasteiger partial charge in [-0.1, -0.05) is 48.0 Å². The van der Waals surface area contributed by atoms with Crippen LogP contribution in [0.25, 0.3) is 10.2 Å². The number of unbranched alkanes of at least 4 members (excludes halogenated alkanes) is 6. The summed E-state index contributed by atoms with van der Waals surface area (Å²) in [5.74, 6) is 0. The first-order valence-electron chi connectivity index (χ1n) is 7.31. The standard InChI is InChI=1S/C15H21BrN2OS/c16-9-6-4-2-1-3-5-7-10-18-12-17-13-8-11-20-14(13)15(18)19/h8,11-12H,1-7,9-10H2. The predicted octanol–water partition coefficient (Wildman–Crippen LogP) is 4.58. The molecule has 0 atom stereocenters. The lowest BCUT2D eigenvalue weighted by molar-refractivity contribution is 0.542. The van der Waals surface area contributed by atoms with Crippen LogP contribution in [0, 0.1) is 0 Å². The van der Waals surface area contributed by atoms with E-state index >= 15 is 0 Å². The highest BCUT2D eigenvalue weighted by molar-refractivity contribution is 9.09. The Morgan fingerprint density at radius 3 is 2.55 bits per heavy atom. The molecule has 110 valence electrons. The minimum Gasteiger partial charge on any atom is -0.298 e. The number of rotatable bonds is 9. The third-order valence-corrected chi connectivity index (χ3v) is 4.92. The van der Waals surface area contributed by atoms with Gasteiger partial charge >= 0.3 is 0 Å². The van der Waals surface area contributed by atoms with Crippen LogP contribution >= 0.6 is 27.3 Å². The van der Waals surface area contributed by atoms with Gasteiger partial charge in [0, 0.05) is 11.9 Å². The quantitative estimate of drug-likeness (QED) is 0.486. The number of hydrogen-bond donors (Lipinski definition) is 0. The summed E-state index contributed by atoms with van der Waals surface area (Å²) in [5, 5.41) is 3.05. The van der Waals surface area contributed by atoms with Crippen molar-refractivity contribution in [3.63, 3.8) is 0 Å². The molecular weight excluding hydrogens is 336 g/mol. The first kappa shape index (κ1) is 15.7. The van der Waals surface area contributed by atoms with E-state index in [0.29, 0.717) is 0 Å². The largest absolute Gasteiger partial charge is 0.298 e. The first-order chi connectivity index (χ1) is 9.83. The molecular formula is C15H21BrN2OS. The topological polar surface area (TPSA) is 34.9 Å². The number of fused-ring (bicyclic) bond motifs is 1. The van der Waals surface area contributed by atoms with Gasteiger partial charge in [0.1, 0.15) is 4.70 Å². The molecule has 0 N–H and O–H groups in total. The summed E-state index contributed by atoms with van der Waals surface area (Å²) in [6.45, 7) is 0.793. The average molecular weight is 357 g/mol. The molecule has 0 aliphatic heterocycles. The lowest BCUT2D eigenvalue weighted by Gasteiger charge is -2.05. The molecule has 2 aromatic heterocycles. The lowest BCUT2D eigenvalue weighted by Crippen LogP contribution is -2.19. The number of aryl methyl sites for hydroxylation is 1. The van der Waals surface area contributed by atoms with E-state index in [9.17, 15) is 4.79 Å². The van der Waals surface area contributed by atoms with E-state index in [1.54, 1.807) is 10.9 Å². The van der Waals surface area contributed by atoms with Crippen molar-refractivity contribution in [1.29, 1.82) is 0 Å². The number of hydrogen-bond acceptors (Lipinski definition) is 3. The van der Waals surface area contributed by atoms with Crippen LogP contribution in [0.3, 0.4) is 0 Å². The molecule has 5 heteroatoms. The molecule has 0 fully saturated rings. The zero-order chi connectivity index (χ0) is 14.2. The fraction of sp³-hybridized carbons (Fsp3) is 0.600. The molecule has 0 radical (unpaired) electrons. The van der Waals surface area contributed by atoms with E-state index in [-0.39, 0.29) is 5.56 Å². The Labute approximate surface area is 132 Å². The molecule has 0 spiro atoms. The molecule has 0 aromatic carbocycles. The van der Waals surface area contributed by atoms with Gasteiger partial charge in [0.2, 0.25) is 0 Å². The predicted molar refractivity (Wildman–Crippen MR) is 90.0 cm³/mol. The van der Waals surface area contributed by atoms with Gasteiger partial charge in [-0.05, 0) is 24.3 Å². The molecule has 0 amide bonds. The van der Waals surface area contributed by atoms with Crippen molar-refractivity contribution >= 4 is 37.5 Å². The second-order valence-corrected chi connectivity index (χ2v) is 6.75. The van der Waals surface area contributed by atoms with Gasteiger partial charge in [-0.2, -0.15) is 0 Å². The van der Waals surface area contributed by atoms with Gasteiger partial charge in [0.25, 0.3) is 5.56 Å². The van der Waals surface area contributed by atoms with Crippen molar-refractivity contribution in [2.24, 2.45) is 0 Å². The molecule has 2 heterocycles. The molecule has 2 rings (SSSR count). The number of thiophene rings is 1. The Hall–Kier alpha value is -0.680. The summed E-state index contributed by atoms with van der Waals surface area (Å²) >= 11 is 4.94. The van der Waals surface area contributed by atoms with Gasteiger partial charge in [0.15, 0.2) is 0 Å².